The minimum Gasteiger partial charge on any atom is -0.493 e. The van der Waals surface area contributed by atoms with Crippen molar-refractivity contribution in [1.29, 1.82) is 0 Å². The third-order valence-electron chi connectivity index (χ3n) is 11.5. The lowest BCUT2D eigenvalue weighted by Gasteiger charge is -2.23. The Kier molecular flexibility index (Phi) is 12.7. The second-order valence-corrected chi connectivity index (χ2v) is 16.2. The molecule has 68 heavy (non-hydrogen) atoms. The Morgan fingerprint density at radius 1 is 0.544 bits per heavy atom. The third kappa shape index (κ3) is 9.38. The molecule has 0 saturated carbocycles. The van der Waals surface area contributed by atoms with Crippen molar-refractivity contribution in [3.8, 4) is 23.1 Å². The van der Waals surface area contributed by atoms with E-state index in [0.717, 1.165) is 22.5 Å². The Labute approximate surface area is 385 Å². The molecule has 10 rings (SSSR count). The Bertz CT molecular complexity index is 2950. The Hall–Kier alpha value is -7.90. The van der Waals surface area contributed by atoms with E-state index in [9.17, 15) is 26.3 Å². The van der Waals surface area contributed by atoms with Gasteiger partial charge in [-0.3, -0.25) is 9.13 Å². The zero-order valence-electron chi connectivity index (χ0n) is 37.1. The van der Waals surface area contributed by atoms with Crippen LogP contribution in [0.15, 0.2) is 73.8 Å². The van der Waals surface area contributed by atoms with Gasteiger partial charge in [0.2, 0.25) is 0 Å². The monoisotopic (exact) mass is 932 g/mol. The summed E-state index contributed by atoms with van der Waals surface area (Å²) in [6, 6.07) is 6.45. The highest BCUT2D eigenvalue weighted by Gasteiger charge is 2.32. The molecule has 8 aromatic rings. The van der Waals surface area contributed by atoms with Gasteiger partial charge in [0.05, 0.1) is 25.6 Å². The van der Waals surface area contributed by atoms with Crippen molar-refractivity contribution < 1.29 is 35.8 Å². The molecule has 2 atom stereocenters. The summed E-state index contributed by atoms with van der Waals surface area (Å²) in [6.07, 6.45) is 19.7. The van der Waals surface area contributed by atoms with Crippen molar-refractivity contribution in [3.63, 3.8) is 0 Å². The van der Waals surface area contributed by atoms with Crippen LogP contribution in [0.5, 0.6) is 11.5 Å². The van der Waals surface area contributed by atoms with E-state index < -0.39 is 46.7 Å². The van der Waals surface area contributed by atoms with Crippen LogP contribution >= 0.6 is 0 Å². The highest BCUT2D eigenvalue weighted by atomic mass is 19.2. The van der Waals surface area contributed by atoms with E-state index in [1.54, 1.807) is 82.1 Å². The van der Waals surface area contributed by atoms with Gasteiger partial charge < -0.3 is 9.47 Å². The molecular formula is C48H42F6N12O2. The van der Waals surface area contributed by atoms with Crippen molar-refractivity contribution in [2.45, 2.75) is 64.5 Å². The quantitative estimate of drug-likeness (QED) is 0.122. The number of benzene rings is 2. The molecule has 6 aromatic heterocycles. The van der Waals surface area contributed by atoms with Gasteiger partial charge in [-0.25, -0.2) is 65.6 Å². The third-order valence-corrected chi connectivity index (χ3v) is 11.5. The molecular weight excluding hydrogens is 891 g/mol. The smallest absolute Gasteiger partial charge is 0.180 e. The van der Waals surface area contributed by atoms with E-state index in [1.165, 1.54) is 0 Å². The van der Waals surface area contributed by atoms with Crippen LogP contribution in [0.3, 0.4) is 0 Å². The second kappa shape index (κ2) is 19.1. The summed E-state index contributed by atoms with van der Waals surface area (Å²) >= 11 is 0. The van der Waals surface area contributed by atoms with E-state index in [0.29, 0.717) is 109 Å². The summed E-state index contributed by atoms with van der Waals surface area (Å²) in [7, 11) is 3.13. The number of halogens is 6. The van der Waals surface area contributed by atoms with E-state index >= 15 is 0 Å². The number of nitrogens with zero attached hydrogens (tertiary/aromatic N) is 12. The van der Waals surface area contributed by atoms with Crippen LogP contribution in [0, 0.1) is 48.8 Å². The van der Waals surface area contributed by atoms with Gasteiger partial charge in [-0.05, 0) is 87.1 Å². The Morgan fingerprint density at radius 2 is 0.941 bits per heavy atom. The number of methoxy groups -OCH3 is 2. The largest absolute Gasteiger partial charge is 0.493 e. The van der Waals surface area contributed by atoms with Crippen LogP contribution in [0.25, 0.3) is 35.9 Å². The molecule has 0 bridgehead atoms. The van der Waals surface area contributed by atoms with Crippen molar-refractivity contribution >= 4 is 24.3 Å². The number of imidazole rings is 2. The van der Waals surface area contributed by atoms with Crippen LogP contribution in [0.2, 0.25) is 0 Å². The zero-order valence-corrected chi connectivity index (χ0v) is 37.1. The molecule has 2 aliphatic rings. The molecule has 0 spiro atoms. The van der Waals surface area contributed by atoms with Gasteiger partial charge in [-0.15, -0.1) is 0 Å². The second-order valence-electron chi connectivity index (χ2n) is 16.2. The summed E-state index contributed by atoms with van der Waals surface area (Å²) in [6.45, 7) is 4.96. The lowest BCUT2D eigenvalue weighted by molar-refractivity contribution is 0.410. The lowest BCUT2D eigenvalue weighted by atomic mass is 9.90. The van der Waals surface area contributed by atoms with Gasteiger partial charge in [-0.1, -0.05) is 0 Å². The molecule has 0 saturated heterocycles. The van der Waals surface area contributed by atoms with Crippen LogP contribution in [-0.2, 0) is 13.1 Å². The number of fused-ring (bicyclic) bond motifs is 2. The minimum absolute atomic E-state index is 0.176. The molecule has 8 heterocycles. The fraction of sp³-hybridized carbons (Fsp3) is 0.250. The molecule has 2 aromatic carbocycles. The number of aryl methyl sites for hydroxylation is 4. The molecule has 0 unspecified atom stereocenters. The fourth-order valence-electron chi connectivity index (χ4n) is 8.39. The van der Waals surface area contributed by atoms with E-state index in [1.807, 2.05) is 38.4 Å². The maximum atomic E-state index is 14.4. The van der Waals surface area contributed by atoms with Crippen LogP contribution in [0.4, 0.5) is 26.3 Å². The molecule has 14 nitrogen and oxygen atoms in total. The fourth-order valence-corrected chi connectivity index (χ4v) is 8.39. The Morgan fingerprint density at radius 3 is 1.29 bits per heavy atom. The van der Waals surface area contributed by atoms with Gasteiger partial charge in [0.25, 0.3) is 0 Å². The van der Waals surface area contributed by atoms with Gasteiger partial charge in [0, 0.05) is 85.1 Å². The van der Waals surface area contributed by atoms with E-state index in [4.69, 9.17) is 9.47 Å². The molecule has 0 aliphatic carbocycles. The summed E-state index contributed by atoms with van der Waals surface area (Å²) < 4.78 is 102. The molecule has 0 fully saturated rings. The lowest BCUT2D eigenvalue weighted by Crippen LogP contribution is -2.20. The van der Waals surface area contributed by atoms with Crippen LogP contribution in [-0.4, -0.2) is 72.8 Å². The molecule has 0 N–H and O–H groups in total. The van der Waals surface area contributed by atoms with Crippen molar-refractivity contribution in [3.05, 3.63) is 166 Å². The van der Waals surface area contributed by atoms with Gasteiger partial charge >= 0.3 is 0 Å². The SMILES string of the molecule is COc1cc(/C=C/c2nc3n(n2)CCC[C@@H]3c2c(F)cc(F)cc2F)cnc1-n1cnc(C)c1.COc1cc(/C=C/c2nc3n(n2)CCC[C@H]3c2c(F)cc(F)cc2F)cnc1-n1cnc(C)c1. The first-order valence-electron chi connectivity index (χ1n) is 21.5. The molecule has 348 valence electrons. The highest BCUT2D eigenvalue weighted by molar-refractivity contribution is 5.69. The average molecular weight is 933 g/mol. The van der Waals surface area contributed by atoms with Gasteiger partial charge in [0.15, 0.2) is 34.8 Å². The van der Waals surface area contributed by atoms with E-state index in [2.05, 4.69) is 40.1 Å². The summed E-state index contributed by atoms with van der Waals surface area (Å²) in [5, 5.41) is 8.93. The molecule has 20 heteroatoms. The zero-order chi connectivity index (χ0) is 47.6. The first kappa shape index (κ1) is 45.3. The Balaban J connectivity index is 0.000000170. The number of hydrogen-bond acceptors (Lipinski definition) is 10. The number of ether oxygens (including phenoxy) is 2. The van der Waals surface area contributed by atoms with Crippen LogP contribution in [0.1, 0.15) is 94.5 Å². The van der Waals surface area contributed by atoms with E-state index in [-0.39, 0.29) is 11.1 Å². The molecule has 0 amide bonds. The predicted octanol–water partition coefficient (Wildman–Crippen LogP) is 9.38. The number of pyridine rings is 2. The van der Waals surface area contributed by atoms with Crippen molar-refractivity contribution in [1.82, 2.24) is 58.6 Å². The van der Waals surface area contributed by atoms with Gasteiger partial charge in [-0.2, -0.15) is 10.2 Å². The standard InChI is InChI=1S/2C24H21F3N6O/c2*1-14-12-32(13-29-14)24-20(34-2)8-15(11-28-24)5-6-21-30-23-17(4-3-7-33(23)31-21)22-18(26)9-16(25)10-19(22)27/h2*5-6,8-13,17H,3-4,7H2,1-2H3/b2*6-5+/t2*17-/m10/s1. The van der Waals surface area contributed by atoms with Crippen LogP contribution < -0.4 is 9.47 Å². The van der Waals surface area contributed by atoms with Gasteiger partial charge in [0.1, 0.15) is 59.2 Å². The minimum atomic E-state index is -0.946. The first-order valence-corrected chi connectivity index (χ1v) is 21.5. The number of hydrogen-bond donors (Lipinski definition) is 0. The topological polar surface area (TPSA) is 141 Å². The number of rotatable bonds is 10. The van der Waals surface area contributed by atoms with Crippen molar-refractivity contribution in [2.75, 3.05) is 14.2 Å². The summed E-state index contributed by atoms with van der Waals surface area (Å²) in [4.78, 5) is 26.4. The molecule has 0 radical (unpaired) electrons. The summed E-state index contributed by atoms with van der Waals surface area (Å²) in [5.41, 5.74) is 2.89. The maximum Gasteiger partial charge on any atom is 0.180 e. The predicted molar refractivity (Wildman–Crippen MR) is 238 cm³/mol. The van der Waals surface area contributed by atoms with Crippen molar-refractivity contribution in [2.24, 2.45) is 0 Å². The maximum absolute atomic E-state index is 14.4. The molecule has 2 aliphatic heterocycles. The highest BCUT2D eigenvalue weighted by Crippen LogP contribution is 2.37. The number of aromatic nitrogens is 12. The normalized spacial score (nSPS) is 15.6. The average Bonchev–Trinajstić information content (AvgIpc) is 4.14. The summed E-state index contributed by atoms with van der Waals surface area (Å²) in [5.74, 6) is -2.75. The first-order chi connectivity index (χ1) is 32.8.